The first-order valence-corrected chi connectivity index (χ1v) is 7.49. The Morgan fingerprint density at radius 1 is 1.38 bits per heavy atom. The topological polar surface area (TPSA) is 48.5 Å². The number of hydrogen-bond acceptors (Lipinski definition) is 3. The second kappa shape index (κ2) is 5.48. The fourth-order valence-corrected chi connectivity index (χ4v) is 2.82. The first kappa shape index (κ1) is 14.1. The van der Waals surface area contributed by atoms with E-state index in [9.17, 15) is 0 Å². The average molecular weight is 304 g/mol. The van der Waals surface area contributed by atoms with Gasteiger partial charge in [-0.1, -0.05) is 6.92 Å². The van der Waals surface area contributed by atoms with Crippen LogP contribution in [0.4, 0.5) is 0 Å². The van der Waals surface area contributed by atoms with Crippen LogP contribution in [0.25, 0.3) is 11.0 Å². The number of nitrogens with zero attached hydrogens (tertiary/aromatic N) is 5. The summed E-state index contributed by atoms with van der Waals surface area (Å²) in [5.74, 6) is 0.866. The van der Waals surface area contributed by atoms with Crippen molar-refractivity contribution < 1.29 is 0 Å². The highest BCUT2D eigenvalue weighted by molar-refractivity contribution is 6.20. The fraction of sp³-hybridized carbons (Fsp3) is 0.400. The highest BCUT2D eigenvalue weighted by Crippen LogP contribution is 2.25. The molecule has 3 aromatic heterocycles. The van der Waals surface area contributed by atoms with Crippen molar-refractivity contribution in [2.24, 2.45) is 7.05 Å². The Hall–Kier alpha value is -1.88. The predicted octanol–water partition coefficient (Wildman–Crippen LogP) is 3.08. The molecule has 0 amide bonds. The molecule has 0 radical (unpaired) electrons. The van der Waals surface area contributed by atoms with Crippen molar-refractivity contribution in [2.75, 3.05) is 0 Å². The van der Waals surface area contributed by atoms with Gasteiger partial charge in [0.15, 0.2) is 0 Å². The molecule has 0 aliphatic rings. The molecule has 6 heteroatoms. The molecule has 3 heterocycles. The number of aryl methyl sites for hydroxylation is 2. The van der Waals surface area contributed by atoms with Crippen LogP contribution < -0.4 is 0 Å². The lowest BCUT2D eigenvalue weighted by atomic mass is 10.2. The van der Waals surface area contributed by atoms with Gasteiger partial charge in [0.05, 0.1) is 29.3 Å². The summed E-state index contributed by atoms with van der Waals surface area (Å²) in [7, 11) is 1.95. The molecule has 0 aliphatic carbocycles. The van der Waals surface area contributed by atoms with E-state index in [1.54, 1.807) is 12.4 Å². The van der Waals surface area contributed by atoms with Gasteiger partial charge in [-0.15, -0.1) is 11.6 Å². The van der Waals surface area contributed by atoms with Gasteiger partial charge in [-0.3, -0.25) is 9.67 Å². The summed E-state index contributed by atoms with van der Waals surface area (Å²) in [5.41, 5.74) is 4.25. The number of rotatable bonds is 4. The largest absolute Gasteiger partial charge is 0.322 e. The molecule has 3 aromatic rings. The molecule has 0 saturated carbocycles. The van der Waals surface area contributed by atoms with E-state index in [0.717, 1.165) is 35.5 Å². The number of imidazole rings is 1. The lowest BCUT2D eigenvalue weighted by molar-refractivity contribution is 0.736. The molecule has 0 aromatic carbocycles. The van der Waals surface area contributed by atoms with Gasteiger partial charge in [0.2, 0.25) is 0 Å². The van der Waals surface area contributed by atoms with Gasteiger partial charge in [-0.05, 0) is 19.4 Å². The monoisotopic (exact) mass is 303 g/mol. The molecule has 0 saturated heterocycles. The van der Waals surface area contributed by atoms with Crippen LogP contribution in [0.5, 0.6) is 0 Å². The molecule has 0 spiro atoms. The number of pyridine rings is 1. The van der Waals surface area contributed by atoms with Crippen LogP contribution in [-0.4, -0.2) is 24.3 Å². The third kappa shape index (κ3) is 2.53. The molecule has 21 heavy (non-hydrogen) atoms. The Balaban J connectivity index is 2.12. The second-order valence-corrected chi connectivity index (χ2v) is 5.82. The minimum atomic E-state index is -0.154. The molecule has 0 aliphatic heterocycles. The van der Waals surface area contributed by atoms with E-state index in [4.69, 9.17) is 11.6 Å². The highest BCUT2D eigenvalue weighted by atomic mass is 35.5. The van der Waals surface area contributed by atoms with Crippen LogP contribution in [0.15, 0.2) is 24.7 Å². The third-order valence-corrected chi connectivity index (χ3v) is 3.79. The summed E-state index contributed by atoms with van der Waals surface area (Å²) in [6.45, 7) is 4.79. The van der Waals surface area contributed by atoms with E-state index in [1.807, 2.05) is 24.7 Å². The molecular weight excluding hydrogens is 286 g/mol. The van der Waals surface area contributed by atoms with Crippen molar-refractivity contribution in [1.82, 2.24) is 24.3 Å². The first-order valence-electron chi connectivity index (χ1n) is 7.05. The van der Waals surface area contributed by atoms with Crippen molar-refractivity contribution >= 4 is 22.6 Å². The van der Waals surface area contributed by atoms with Crippen LogP contribution in [-0.2, 0) is 20.0 Å². The SMILES string of the molecule is CCc1nn(C)cc1Cn1c(C(C)Cl)nc2cnccc21. The maximum atomic E-state index is 6.30. The van der Waals surface area contributed by atoms with Gasteiger partial charge < -0.3 is 4.57 Å². The fourth-order valence-electron chi connectivity index (χ4n) is 2.65. The number of hydrogen-bond donors (Lipinski definition) is 0. The molecule has 0 fully saturated rings. The Morgan fingerprint density at radius 3 is 2.90 bits per heavy atom. The van der Waals surface area contributed by atoms with Crippen LogP contribution in [0.1, 0.15) is 36.3 Å². The quantitative estimate of drug-likeness (QED) is 0.696. The van der Waals surface area contributed by atoms with Crippen LogP contribution in [0.3, 0.4) is 0 Å². The second-order valence-electron chi connectivity index (χ2n) is 5.16. The summed E-state index contributed by atoms with van der Waals surface area (Å²) in [5, 5.41) is 4.35. The Morgan fingerprint density at radius 2 is 2.19 bits per heavy atom. The predicted molar refractivity (Wildman–Crippen MR) is 83.5 cm³/mol. The average Bonchev–Trinajstić information content (AvgIpc) is 3.00. The zero-order valence-electron chi connectivity index (χ0n) is 12.4. The van der Waals surface area contributed by atoms with Crippen LogP contribution in [0.2, 0.25) is 0 Å². The number of aromatic nitrogens is 5. The van der Waals surface area contributed by atoms with E-state index in [1.165, 1.54) is 5.56 Å². The molecule has 110 valence electrons. The number of halogens is 1. The van der Waals surface area contributed by atoms with E-state index in [-0.39, 0.29) is 5.38 Å². The van der Waals surface area contributed by atoms with Crippen molar-refractivity contribution in [2.45, 2.75) is 32.2 Å². The zero-order valence-corrected chi connectivity index (χ0v) is 13.2. The summed E-state index contributed by atoms with van der Waals surface area (Å²) in [6.07, 6.45) is 6.54. The van der Waals surface area contributed by atoms with Gasteiger partial charge in [0.25, 0.3) is 0 Å². The normalized spacial score (nSPS) is 13.0. The zero-order chi connectivity index (χ0) is 15.0. The maximum Gasteiger partial charge on any atom is 0.128 e. The number of fused-ring (bicyclic) bond motifs is 1. The van der Waals surface area contributed by atoms with Gasteiger partial charge >= 0.3 is 0 Å². The lowest BCUT2D eigenvalue weighted by Crippen LogP contribution is -2.06. The molecule has 3 rings (SSSR count). The van der Waals surface area contributed by atoms with Gasteiger partial charge in [0, 0.05) is 25.0 Å². The summed E-state index contributed by atoms with van der Waals surface area (Å²) >= 11 is 6.30. The minimum absolute atomic E-state index is 0.154. The third-order valence-electron chi connectivity index (χ3n) is 3.59. The van der Waals surface area contributed by atoms with Crippen LogP contribution in [0, 0.1) is 0 Å². The van der Waals surface area contributed by atoms with E-state index in [0.29, 0.717) is 0 Å². The highest BCUT2D eigenvalue weighted by Gasteiger charge is 2.17. The van der Waals surface area contributed by atoms with Crippen molar-refractivity contribution in [3.8, 4) is 0 Å². The Bertz CT molecular complexity index is 772. The molecule has 0 N–H and O–H groups in total. The van der Waals surface area contributed by atoms with Crippen LogP contribution >= 0.6 is 11.6 Å². The number of alkyl halides is 1. The Labute approximate surface area is 128 Å². The molecular formula is C15H18ClN5. The standard InChI is InChI=1S/C15H18ClN5/c1-4-12-11(8-20(3)19-12)9-21-14-5-6-17-7-13(14)18-15(21)10(2)16/h5-8,10H,4,9H2,1-3H3. The smallest absolute Gasteiger partial charge is 0.128 e. The Kier molecular flexibility index (Phi) is 3.68. The van der Waals surface area contributed by atoms with Crippen molar-refractivity contribution in [1.29, 1.82) is 0 Å². The van der Waals surface area contributed by atoms with E-state index < -0.39 is 0 Å². The first-order chi connectivity index (χ1) is 10.1. The van der Waals surface area contributed by atoms with E-state index >= 15 is 0 Å². The molecule has 1 unspecified atom stereocenters. The van der Waals surface area contributed by atoms with Gasteiger partial charge in [0.1, 0.15) is 11.3 Å². The van der Waals surface area contributed by atoms with Gasteiger partial charge in [-0.2, -0.15) is 5.10 Å². The summed E-state index contributed by atoms with van der Waals surface area (Å²) in [4.78, 5) is 8.75. The summed E-state index contributed by atoms with van der Waals surface area (Å²) < 4.78 is 4.02. The van der Waals surface area contributed by atoms with Crippen molar-refractivity contribution in [3.63, 3.8) is 0 Å². The molecule has 0 bridgehead atoms. The summed E-state index contributed by atoms with van der Waals surface area (Å²) in [6, 6.07) is 1.98. The van der Waals surface area contributed by atoms with Gasteiger partial charge in [-0.25, -0.2) is 4.98 Å². The van der Waals surface area contributed by atoms with E-state index in [2.05, 4.69) is 32.8 Å². The van der Waals surface area contributed by atoms with Crippen molar-refractivity contribution in [3.05, 3.63) is 41.7 Å². The maximum absolute atomic E-state index is 6.30. The minimum Gasteiger partial charge on any atom is -0.322 e. The molecule has 5 nitrogen and oxygen atoms in total. The lowest BCUT2D eigenvalue weighted by Gasteiger charge is -2.10. The molecule has 1 atom stereocenters.